The molecule has 10 heteroatoms. The van der Waals surface area contributed by atoms with Crippen LogP contribution in [-0.4, -0.2) is 24.5 Å². The fraction of sp³-hybridized carbons (Fsp3) is 0.267. The van der Waals surface area contributed by atoms with Crippen molar-refractivity contribution in [2.45, 2.75) is 32.1 Å². The molecule has 1 aromatic carbocycles. The lowest BCUT2D eigenvalue weighted by Gasteiger charge is -2.07. The number of amides is 1. The van der Waals surface area contributed by atoms with Gasteiger partial charge in [-0.3, -0.25) is 9.52 Å². The van der Waals surface area contributed by atoms with E-state index in [-0.39, 0.29) is 16.6 Å². The van der Waals surface area contributed by atoms with Crippen LogP contribution in [0.3, 0.4) is 0 Å². The number of rotatable bonds is 5. The highest BCUT2D eigenvalue weighted by molar-refractivity contribution is 7.92. The summed E-state index contributed by atoms with van der Waals surface area (Å²) in [6, 6.07) is 4.98. The summed E-state index contributed by atoms with van der Waals surface area (Å²) in [5.41, 5.74) is 1.37. The highest BCUT2D eigenvalue weighted by atomic mass is 32.2. The second-order valence-corrected chi connectivity index (χ2v) is 8.01. The van der Waals surface area contributed by atoms with Gasteiger partial charge in [-0.15, -0.1) is 0 Å². The number of aromatic nitrogens is 2. The van der Waals surface area contributed by atoms with Crippen molar-refractivity contribution in [1.82, 2.24) is 10.1 Å². The molecule has 0 radical (unpaired) electrons. The van der Waals surface area contributed by atoms with E-state index in [4.69, 9.17) is 4.52 Å². The second kappa shape index (κ2) is 6.45. The normalized spacial score (nSPS) is 11.6. The highest BCUT2D eigenvalue weighted by Gasteiger charge is 2.24. The lowest BCUT2D eigenvalue weighted by atomic mass is 10.3. The van der Waals surface area contributed by atoms with E-state index in [9.17, 15) is 13.2 Å². The van der Waals surface area contributed by atoms with E-state index in [2.05, 4.69) is 20.2 Å². The number of fused-ring (bicyclic) bond motifs is 1. The average molecular weight is 380 g/mol. The van der Waals surface area contributed by atoms with Gasteiger partial charge in [0.25, 0.3) is 10.0 Å². The summed E-state index contributed by atoms with van der Waals surface area (Å²) in [7, 11) is -3.81. The van der Waals surface area contributed by atoms with Gasteiger partial charge in [-0.25, -0.2) is 13.4 Å². The van der Waals surface area contributed by atoms with Gasteiger partial charge in [0.05, 0.1) is 15.9 Å². The predicted molar refractivity (Wildman–Crippen MR) is 95.3 cm³/mol. The minimum Gasteiger partial charge on any atom is -0.360 e. The topological polar surface area (TPSA) is 114 Å². The molecule has 8 nitrogen and oxygen atoms in total. The number of hydrogen-bond acceptors (Lipinski definition) is 7. The maximum absolute atomic E-state index is 12.5. The zero-order valence-corrected chi connectivity index (χ0v) is 15.4. The molecule has 0 aliphatic carbocycles. The van der Waals surface area contributed by atoms with Gasteiger partial charge < -0.3 is 9.84 Å². The first-order valence-corrected chi connectivity index (χ1v) is 9.76. The summed E-state index contributed by atoms with van der Waals surface area (Å²) in [6.07, 6.45) is 0.360. The number of sulfonamides is 1. The molecular formula is C15H16N4O4S2. The Morgan fingerprint density at radius 3 is 2.72 bits per heavy atom. The summed E-state index contributed by atoms with van der Waals surface area (Å²) in [4.78, 5) is 15.8. The van der Waals surface area contributed by atoms with Gasteiger partial charge in [-0.1, -0.05) is 23.4 Å². The smallest absolute Gasteiger partial charge is 0.267 e. The molecule has 25 heavy (non-hydrogen) atoms. The third-order valence-electron chi connectivity index (χ3n) is 3.44. The summed E-state index contributed by atoms with van der Waals surface area (Å²) in [5, 5.41) is 6.85. The average Bonchev–Trinajstić information content (AvgIpc) is 3.09. The van der Waals surface area contributed by atoms with Gasteiger partial charge in [0.2, 0.25) is 5.91 Å². The van der Waals surface area contributed by atoms with Crippen LogP contribution in [0.1, 0.15) is 24.8 Å². The number of hydrogen-bond donors (Lipinski definition) is 2. The number of anilines is 2. The van der Waals surface area contributed by atoms with E-state index < -0.39 is 10.0 Å². The van der Waals surface area contributed by atoms with Crippen LogP contribution in [0.2, 0.25) is 0 Å². The SMILES string of the molecule is CCC(=O)Nc1nc2ccc(NS(=O)(=O)c3c(C)noc3C)cc2s1. The molecule has 1 amide bonds. The zero-order valence-electron chi connectivity index (χ0n) is 13.8. The monoisotopic (exact) mass is 380 g/mol. The molecular weight excluding hydrogens is 364 g/mol. The standard InChI is InChI=1S/C15H16N4O4S2/c1-4-13(20)17-15-16-11-6-5-10(7-12(11)24-15)19-25(21,22)14-8(2)18-23-9(14)3/h5-7,19H,4H2,1-3H3,(H,16,17,20). The molecule has 0 spiro atoms. The summed E-state index contributed by atoms with van der Waals surface area (Å²) in [5.74, 6) is 0.104. The fourth-order valence-corrected chi connectivity index (χ4v) is 4.62. The third-order valence-corrected chi connectivity index (χ3v) is 6.00. The lowest BCUT2D eigenvalue weighted by Crippen LogP contribution is -2.14. The van der Waals surface area contributed by atoms with Crippen molar-refractivity contribution >= 4 is 48.3 Å². The largest absolute Gasteiger partial charge is 0.360 e. The van der Waals surface area contributed by atoms with Crippen molar-refractivity contribution in [3.8, 4) is 0 Å². The molecule has 3 rings (SSSR count). The van der Waals surface area contributed by atoms with Crippen LogP contribution in [0, 0.1) is 13.8 Å². The van der Waals surface area contributed by atoms with Crippen LogP contribution in [-0.2, 0) is 14.8 Å². The predicted octanol–water partition coefficient (Wildman–Crippen LogP) is 3.05. The van der Waals surface area contributed by atoms with E-state index in [1.54, 1.807) is 39.0 Å². The molecule has 2 heterocycles. The van der Waals surface area contributed by atoms with Crippen molar-refractivity contribution in [3.05, 3.63) is 29.7 Å². The first-order valence-electron chi connectivity index (χ1n) is 7.46. The minimum atomic E-state index is -3.81. The number of nitrogens with one attached hydrogen (secondary N) is 2. The Morgan fingerprint density at radius 1 is 1.32 bits per heavy atom. The van der Waals surface area contributed by atoms with Crippen LogP contribution < -0.4 is 10.0 Å². The molecule has 3 aromatic rings. The number of aryl methyl sites for hydroxylation is 2. The molecule has 2 N–H and O–H groups in total. The van der Waals surface area contributed by atoms with Crippen LogP contribution in [0.25, 0.3) is 10.2 Å². The van der Waals surface area contributed by atoms with Gasteiger partial charge in [0.1, 0.15) is 5.69 Å². The van der Waals surface area contributed by atoms with Crippen LogP contribution in [0.15, 0.2) is 27.6 Å². The van der Waals surface area contributed by atoms with E-state index in [1.807, 2.05) is 0 Å². The molecule has 0 atom stereocenters. The highest BCUT2D eigenvalue weighted by Crippen LogP contribution is 2.30. The number of thiazole rings is 1. The van der Waals surface area contributed by atoms with E-state index in [0.29, 0.717) is 28.5 Å². The Labute approximate surface area is 148 Å². The summed E-state index contributed by atoms with van der Waals surface area (Å²) >= 11 is 1.28. The quantitative estimate of drug-likeness (QED) is 0.703. The van der Waals surface area contributed by atoms with E-state index in [0.717, 1.165) is 4.70 Å². The molecule has 0 unspecified atom stereocenters. The molecule has 132 valence electrons. The molecule has 0 aliphatic rings. The Bertz CT molecular complexity index is 1030. The molecule has 0 saturated carbocycles. The number of benzene rings is 1. The van der Waals surface area contributed by atoms with Gasteiger partial charge in [0, 0.05) is 6.42 Å². The number of nitrogens with zero attached hydrogens (tertiary/aromatic N) is 2. The second-order valence-electron chi connectivity index (χ2n) is 5.36. The van der Waals surface area contributed by atoms with Gasteiger partial charge >= 0.3 is 0 Å². The molecule has 0 saturated heterocycles. The summed E-state index contributed by atoms with van der Waals surface area (Å²) < 4.78 is 33.3. The van der Waals surface area contributed by atoms with Gasteiger partial charge in [-0.2, -0.15) is 0 Å². The van der Waals surface area contributed by atoms with Crippen molar-refractivity contribution in [1.29, 1.82) is 0 Å². The fourth-order valence-electron chi connectivity index (χ4n) is 2.31. The Kier molecular flexibility index (Phi) is 4.48. The maximum atomic E-state index is 12.5. The number of carbonyl (C=O) groups excluding carboxylic acids is 1. The van der Waals surface area contributed by atoms with Crippen LogP contribution in [0.4, 0.5) is 10.8 Å². The van der Waals surface area contributed by atoms with E-state index >= 15 is 0 Å². The van der Waals surface area contributed by atoms with Crippen LogP contribution >= 0.6 is 11.3 Å². The number of carbonyl (C=O) groups is 1. The van der Waals surface area contributed by atoms with E-state index in [1.165, 1.54) is 11.3 Å². The maximum Gasteiger partial charge on any atom is 0.267 e. The molecule has 0 fully saturated rings. The first-order chi connectivity index (χ1) is 11.8. The summed E-state index contributed by atoms with van der Waals surface area (Å²) in [6.45, 7) is 4.87. The molecule has 2 aromatic heterocycles. The van der Waals surface area contributed by atoms with Gasteiger partial charge in [-0.05, 0) is 32.0 Å². The van der Waals surface area contributed by atoms with Crippen LogP contribution in [0.5, 0.6) is 0 Å². The molecule has 0 aliphatic heterocycles. The van der Waals surface area contributed by atoms with Crippen molar-refractivity contribution < 1.29 is 17.7 Å². The van der Waals surface area contributed by atoms with Crippen molar-refractivity contribution in [2.75, 3.05) is 10.0 Å². The Balaban J connectivity index is 1.90. The Hall–Kier alpha value is -2.46. The third kappa shape index (κ3) is 3.49. The lowest BCUT2D eigenvalue weighted by molar-refractivity contribution is -0.115. The zero-order chi connectivity index (χ0) is 18.2. The van der Waals surface area contributed by atoms with Crippen molar-refractivity contribution in [2.24, 2.45) is 0 Å². The minimum absolute atomic E-state index is 0.0350. The first kappa shape index (κ1) is 17.4. The van der Waals surface area contributed by atoms with Crippen molar-refractivity contribution in [3.63, 3.8) is 0 Å². The molecule has 0 bridgehead atoms. The van der Waals surface area contributed by atoms with Gasteiger partial charge in [0.15, 0.2) is 15.8 Å². The Morgan fingerprint density at radius 2 is 2.08 bits per heavy atom.